The second-order valence-electron chi connectivity index (χ2n) is 4.34. The average molecular weight is 371 g/mol. The van der Waals surface area contributed by atoms with Gasteiger partial charge in [-0.15, -0.1) is 0 Å². The first kappa shape index (κ1) is 16.0. The zero-order valence-electron chi connectivity index (χ0n) is 11.2. The number of nitrogens with zero attached hydrogens (tertiary/aromatic N) is 3. The molecule has 0 aliphatic heterocycles. The van der Waals surface area contributed by atoms with E-state index < -0.39 is 11.8 Å². The summed E-state index contributed by atoms with van der Waals surface area (Å²) in [6.07, 6.45) is 0.319. The Morgan fingerprint density at radius 3 is 2.68 bits per heavy atom. The van der Waals surface area contributed by atoms with Crippen molar-refractivity contribution in [3.63, 3.8) is 0 Å². The highest BCUT2D eigenvalue weighted by Gasteiger charge is 2.09. The summed E-state index contributed by atoms with van der Waals surface area (Å²) in [5.41, 5.74) is 0.261. The normalized spacial score (nSPS) is 11.5. The van der Waals surface area contributed by atoms with E-state index >= 15 is 0 Å². The van der Waals surface area contributed by atoms with Gasteiger partial charge in [0.2, 0.25) is 0 Å². The fourth-order valence-electron chi connectivity index (χ4n) is 1.73. The third-order valence-electron chi connectivity index (χ3n) is 2.81. The largest absolute Gasteiger partial charge is 0.465 e. The first-order valence-electron chi connectivity index (χ1n) is 6.16. The lowest BCUT2D eigenvalue weighted by Crippen LogP contribution is -2.29. The van der Waals surface area contributed by atoms with E-state index in [0.717, 1.165) is 9.15 Å². The third-order valence-corrected chi connectivity index (χ3v) is 3.34. The van der Waals surface area contributed by atoms with Crippen molar-refractivity contribution in [2.75, 3.05) is 6.54 Å². The highest BCUT2D eigenvalue weighted by Crippen LogP contribution is 2.12. The molecule has 0 saturated heterocycles. The van der Waals surface area contributed by atoms with Crippen LogP contribution in [0.25, 0.3) is 5.69 Å². The third kappa shape index (κ3) is 3.82. The molecule has 22 heavy (non-hydrogen) atoms. The first-order chi connectivity index (χ1) is 10.5. The molecular formula is C13H12BrFN4O3. The molecule has 116 valence electrons. The molecule has 2 rings (SSSR count). The number of amides is 1. The lowest BCUT2D eigenvalue weighted by molar-refractivity contribution is 0.195. The molecule has 1 amide bonds. The van der Waals surface area contributed by atoms with Crippen LogP contribution in [-0.2, 0) is 6.54 Å². The molecule has 0 fully saturated rings. The first-order valence-corrected chi connectivity index (χ1v) is 6.96. The van der Waals surface area contributed by atoms with Crippen molar-refractivity contribution in [1.82, 2.24) is 19.7 Å². The summed E-state index contributed by atoms with van der Waals surface area (Å²) in [7, 11) is 0. The van der Waals surface area contributed by atoms with E-state index in [1.165, 1.54) is 10.9 Å². The highest BCUT2D eigenvalue weighted by atomic mass is 79.9. The number of aromatic nitrogens is 3. The highest BCUT2D eigenvalue weighted by molar-refractivity contribution is 9.10. The van der Waals surface area contributed by atoms with Crippen LogP contribution in [0.3, 0.4) is 0 Å². The summed E-state index contributed by atoms with van der Waals surface area (Å²) < 4.78 is 16.0. The quantitative estimate of drug-likeness (QED) is 0.841. The van der Waals surface area contributed by atoms with Crippen molar-refractivity contribution in [3.05, 3.63) is 57.5 Å². The van der Waals surface area contributed by atoms with Gasteiger partial charge in [0.05, 0.1) is 18.6 Å². The maximum atomic E-state index is 12.7. The molecule has 9 heteroatoms. The smallest absolute Gasteiger partial charge is 0.404 e. The summed E-state index contributed by atoms with van der Waals surface area (Å²) in [5, 5.41) is 14.4. The van der Waals surface area contributed by atoms with Gasteiger partial charge in [-0.2, -0.15) is 5.10 Å². The molecule has 7 nitrogen and oxygen atoms in total. The molecule has 1 aromatic heterocycles. The predicted octanol–water partition coefficient (Wildman–Crippen LogP) is 1.92. The van der Waals surface area contributed by atoms with Crippen LogP contribution >= 0.6 is 15.9 Å². The van der Waals surface area contributed by atoms with Crippen LogP contribution in [0.2, 0.25) is 0 Å². The molecule has 0 spiro atoms. The van der Waals surface area contributed by atoms with Crippen molar-refractivity contribution < 1.29 is 14.3 Å². The van der Waals surface area contributed by atoms with Crippen LogP contribution in [0.5, 0.6) is 0 Å². The molecular weight excluding hydrogens is 359 g/mol. The van der Waals surface area contributed by atoms with Gasteiger partial charge in [0, 0.05) is 11.0 Å². The Morgan fingerprint density at radius 1 is 1.41 bits per heavy atom. The molecule has 0 aliphatic rings. The topological polar surface area (TPSA) is 89.2 Å². The molecule has 0 radical (unpaired) electrons. The standard InChI is InChI=1S/C13H12BrFN4O3/c14-10-1-3-11(4-2-10)18-8-17-19(13(18)22)7-9(5-15)6-16-12(20)21/h1-5,8,16H,6-7H2,(H,20,21)/b9-5+. The molecule has 2 N–H and O–H groups in total. The van der Waals surface area contributed by atoms with Gasteiger partial charge in [-0.3, -0.25) is 0 Å². The van der Waals surface area contributed by atoms with Crippen LogP contribution < -0.4 is 11.0 Å². The van der Waals surface area contributed by atoms with Gasteiger partial charge in [0.25, 0.3) is 0 Å². The minimum absolute atomic E-state index is 0.0885. The van der Waals surface area contributed by atoms with E-state index in [1.807, 2.05) is 5.32 Å². The Hall–Kier alpha value is -2.42. The maximum absolute atomic E-state index is 12.7. The van der Waals surface area contributed by atoms with Crippen LogP contribution in [0.1, 0.15) is 0 Å². The molecule has 0 aliphatic carbocycles. The van der Waals surface area contributed by atoms with Gasteiger partial charge in [0.1, 0.15) is 6.33 Å². The van der Waals surface area contributed by atoms with E-state index in [0.29, 0.717) is 5.69 Å². The maximum Gasteiger partial charge on any atom is 0.404 e. The second kappa shape index (κ2) is 7.03. The number of nitrogens with one attached hydrogen (secondary N) is 1. The van der Waals surface area contributed by atoms with Gasteiger partial charge in [-0.05, 0) is 29.8 Å². The van der Waals surface area contributed by atoms with Crippen LogP contribution in [0.4, 0.5) is 9.18 Å². The van der Waals surface area contributed by atoms with Crippen molar-refractivity contribution >= 4 is 22.0 Å². The van der Waals surface area contributed by atoms with E-state index in [9.17, 15) is 14.0 Å². The second-order valence-corrected chi connectivity index (χ2v) is 5.26. The van der Waals surface area contributed by atoms with Gasteiger partial charge in [-0.1, -0.05) is 15.9 Å². The number of carboxylic acid groups (broad SMARTS) is 1. The fraction of sp³-hybridized carbons (Fsp3) is 0.154. The monoisotopic (exact) mass is 370 g/mol. The summed E-state index contributed by atoms with van der Waals surface area (Å²) in [5.74, 6) is 0. The zero-order valence-corrected chi connectivity index (χ0v) is 12.8. The molecule has 0 bridgehead atoms. The number of hydrogen-bond donors (Lipinski definition) is 2. The lowest BCUT2D eigenvalue weighted by atomic mass is 10.3. The summed E-state index contributed by atoms with van der Waals surface area (Å²) in [6.45, 7) is -0.359. The van der Waals surface area contributed by atoms with Crippen molar-refractivity contribution in [1.29, 1.82) is 0 Å². The van der Waals surface area contributed by atoms with Crippen molar-refractivity contribution in [2.24, 2.45) is 0 Å². The predicted molar refractivity (Wildman–Crippen MR) is 80.7 cm³/mol. The molecule has 0 saturated carbocycles. The van der Waals surface area contributed by atoms with Gasteiger partial charge >= 0.3 is 11.8 Å². The summed E-state index contributed by atoms with van der Waals surface area (Å²) in [4.78, 5) is 22.6. The van der Waals surface area contributed by atoms with Gasteiger partial charge in [-0.25, -0.2) is 23.2 Å². The van der Waals surface area contributed by atoms with E-state index in [2.05, 4.69) is 21.0 Å². The minimum atomic E-state index is -1.27. The lowest BCUT2D eigenvalue weighted by Gasteiger charge is -2.05. The molecule has 0 unspecified atom stereocenters. The number of rotatable bonds is 5. The Morgan fingerprint density at radius 2 is 2.09 bits per heavy atom. The zero-order chi connectivity index (χ0) is 16.1. The molecule has 1 aromatic carbocycles. The summed E-state index contributed by atoms with van der Waals surface area (Å²) >= 11 is 3.30. The minimum Gasteiger partial charge on any atom is -0.465 e. The Balaban J connectivity index is 2.19. The van der Waals surface area contributed by atoms with Crippen LogP contribution in [-0.4, -0.2) is 32.1 Å². The van der Waals surface area contributed by atoms with E-state index in [1.54, 1.807) is 24.3 Å². The molecule has 1 heterocycles. The van der Waals surface area contributed by atoms with Crippen LogP contribution in [0, 0.1) is 0 Å². The SMILES string of the molecule is O=C(O)NC/C(=C\F)Cn1ncn(-c2ccc(Br)cc2)c1=O. The van der Waals surface area contributed by atoms with Crippen molar-refractivity contribution in [2.45, 2.75) is 6.54 Å². The van der Waals surface area contributed by atoms with Crippen molar-refractivity contribution in [3.8, 4) is 5.69 Å². The average Bonchev–Trinajstić information content (AvgIpc) is 2.85. The number of hydrogen-bond acceptors (Lipinski definition) is 3. The fourth-order valence-corrected chi connectivity index (χ4v) is 2.00. The molecule has 2 aromatic rings. The van der Waals surface area contributed by atoms with E-state index in [-0.39, 0.29) is 25.0 Å². The number of carbonyl (C=O) groups is 1. The van der Waals surface area contributed by atoms with Gasteiger partial charge in [0.15, 0.2) is 0 Å². The Labute approximate surface area is 132 Å². The van der Waals surface area contributed by atoms with Crippen LogP contribution in [0.15, 0.2) is 51.8 Å². The molecule has 0 atom stereocenters. The number of benzene rings is 1. The van der Waals surface area contributed by atoms with E-state index in [4.69, 9.17) is 5.11 Å². The summed E-state index contributed by atoms with van der Waals surface area (Å²) in [6, 6.07) is 7.02. The van der Waals surface area contributed by atoms with Gasteiger partial charge < -0.3 is 10.4 Å². The Bertz CT molecular complexity index is 751. The Kier molecular flexibility index (Phi) is 5.10. The number of halogens is 2.